The summed E-state index contributed by atoms with van der Waals surface area (Å²) in [5.74, 6) is -0.285. The van der Waals surface area contributed by atoms with Crippen molar-refractivity contribution in [2.45, 2.75) is 25.8 Å². The predicted molar refractivity (Wildman–Crippen MR) is 89.1 cm³/mol. The lowest BCUT2D eigenvalue weighted by Crippen LogP contribution is -2.42. The third-order valence-corrected chi connectivity index (χ3v) is 4.82. The average Bonchev–Trinajstić information content (AvgIpc) is 2.48. The van der Waals surface area contributed by atoms with E-state index in [0.29, 0.717) is 11.6 Å². The Labute approximate surface area is 135 Å². The number of hydrogen-bond donors (Lipinski definition) is 0. The number of halogens is 1. The first-order valence-corrected chi connectivity index (χ1v) is 8.03. The third kappa shape index (κ3) is 3.58. The zero-order valence-electron chi connectivity index (χ0n) is 13.1. The number of ether oxygens (including phenoxy) is 1. The fourth-order valence-electron chi connectivity index (χ4n) is 2.93. The molecule has 2 rings (SSSR count). The number of nitrogens with zero attached hydrogens (tertiary/aromatic N) is 2. The van der Waals surface area contributed by atoms with Crippen molar-refractivity contribution in [3.63, 3.8) is 0 Å². The van der Waals surface area contributed by atoms with E-state index in [1.54, 1.807) is 0 Å². The summed E-state index contributed by atoms with van der Waals surface area (Å²) in [6, 6.07) is 4.42. The van der Waals surface area contributed by atoms with Crippen LogP contribution in [0.2, 0.25) is 0 Å². The van der Waals surface area contributed by atoms with Crippen LogP contribution in [0.15, 0.2) is 16.6 Å². The number of esters is 1. The van der Waals surface area contributed by atoms with Crippen molar-refractivity contribution in [2.75, 3.05) is 39.2 Å². The molecule has 0 atom stereocenters. The van der Waals surface area contributed by atoms with Crippen LogP contribution in [-0.4, -0.2) is 51.2 Å². The van der Waals surface area contributed by atoms with Gasteiger partial charge in [-0.05, 0) is 57.6 Å². The number of benzene rings is 1. The molecule has 4 nitrogen and oxygen atoms in total. The summed E-state index contributed by atoms with van der Waals surface area (Å²) in [4.78, 5) is 16.6. The van der Waals surface area contributed by atoms with Gasteiger partial charge in [-0.1, -0.05) is 15.9 Å². The number of anilines is 1. The second-order valence-corrected chi connectivity index (χ2v) is 6.65. The summed E-state index contributed by atoms with van der Waals surface area (Å²) in [6.45, 7) is 4.22. The molecule has 1 fully saturated rings. The molecular weight excluding hydrogens is 332 g/mol. The minimum absolute atomic E-state index is 0.285. The number of carbonyl (C=O) groups excluding carboxylic acids is 1. The Morgan fingerprint density at radius 1 is 1.38 bits per heavy atom. The summed E-state index contributed by atoms with van der Waals surface area (Å²) in [6.07, 6.45) is 2.29. The maximum Gasteiger partial charge on any atom is 0.338 e. The molecule has 1 aliphatic heterocycles. The van der Waals surface area contributed by atoms with Gasteiger partial charge in [0.05, 0.1) is 12.7 Å². The van der Waals surface area contributed by atoms with Crippen molar-refractivity contribution in [1.29, 1.82) is 0 Å². The number of rotatable bonds is 3. The molecule has 116 valence electrons. The van der Waals surface area contributed by atoms with E-state index in [1.165, 1.54) is 7.11 Å². The summed E-state index contributed by atoms with van der Waals surface area (Å²) in [7, 11) is 5.70. The van der Waals surface area contributed by atoms with Gasteiger partial charge in [-0.2, -0.15) is 0 Å². The molecule has 1 aliphatic rings. The minimum atomic E-state index is -0.285. The van der Waals surface area contributed by atoms with Crippen LogP contribution in [0.3, 0.4) is 0 Å². The maximum atomic E-state index is 11.9. The van der Waals surface area contributed by atoms with Crippen LogP contribution in [-0.2, 0) is 4.74 Å². The van der Waals surface area contributed by atoms with E-state index in [2.05, 4.69) is 45.9 Å². The van der Waals surface area contributed by atoms with Crippen LogP contribution in [0.4, 0.5) is 5.69 Å². The molecule has 0 unspecified atom stereocenters. The maximum absolute atomic E-state index is 11.9. The van der Waals surface area contributed by atoms with Gasteiger partial charge in [0.15, 0.2) is 0 Å². The van der Waals surface area contributed by atoms with E-state index >= 15 is 0 Å². The van der Waals surface area contributed by atoms with Gasteiger partial charge in [0.1, 0.15) is 0 Å². The number of likely N-dealkylation sites (tertiary alicyclic amines) is 1. The molecule has 5 heteroatoms. The van der Waals surface area contributed by atoms with E-state index in [1.807, 2.05) is 13.0 Å². The molecule has 0 spiro atoms. The first-order valence-electron chi connectivity index (χ1n) is 7.24. The molecule has 1 saturated heterocycles. The fourth-order valence-corrected chi connectivity index (χ4v) is 3.38. The van der Waals surface area contributed by atoms with Crippen molar-refractivity contribution in [2.24, 2.45) is 0 Å². The second kappa shape index (κ2) is 6.79. The first kappa shape index (κ1) is 16.3. The zero-order chi connectivity index (χ0) is 15.6. The Kier molecular flexibility index (Phi) is 5.27. The second-order valence-electron chi connectivity index (χ2n) is 5.73. The van der Waals surface area contributed by atoms with Gasteiger partial charge >= 0.3 is 5.97 Å². The molecule has 1 heterocycles. The highest BCUT2D eigenvalue weighted by molar-refractivity contribution is 9.10. The first-order chi connectivity index (χ1) is 9.93. The van der Waals surface area contributed by atoms with Crippen LogP contribution in [0.5, 0.6) is 0 Å². The highest BCUT2D eigenvalue weighted by atomic mass is 79.9. The Morgan fingerprint density at radius 3 is 2.57 bits per heavy atom. The Bertz CT molecular complexity index is 525. The number of hydrogen-bond acceptors (Lipinski definition) is 4. The van der Waals surface area contributed by atoms with E-state index in [9.17, 15) is 4.79 Å². The Balaban J connectivity index is 2.30. The smallest absolute Gasteiger partial charge is 0.338 e. The highest BCUT2D eigenvalue weighted by Crippen LogP contribution is 2.31. The molecule has 0 aliphatic carbocycles. The van der Waals surface area contributed by atoms with Crippen LogP contribution >= 0.6 is 15.9 Å². The summed E-state index contributed by atoms with van der Waals surface area (Å²) in [5.41, 5.74) is 2.70. The quantitative estimate of drug-likeness (QED) is 0.781. The number of carbonyl (C=O) groups is 1. The lowest BCUT2D eigenvalue weighted by Gasteiger charge is -2.37. The summed E-state index contributed by atoms with van der Waals surface area (Å²) < 4.78 is 5.79. The lowest BCUT2D eigenvalue weighted by molar-refractivity contribution is 0.0600. The van der Waals surface area contributed by atoms with Crippen LogP contribution in [0.25, 0.3) is 0 Å². The molecule has 0 radical (unpaired) electrons. The van der Waals surface area contributed by atoms with Crippen LogP contribution in [0.1, 0.15) is 28.8 Å². The fraction of sp³-hybridized carbons (Fsp3) is 0.562. The van der Waals surface area contributed by atoms with Gasteiger partial charge in [0.25, 0.3) is 0 Å². The SMILES string of the molecule is COC(=O)c1cc(Br)cc(N(C)C2CCN(C)CC2)c1C. The molecule has 0 bridgehead atoms. The van der Waals surface area contributed by atoms with Crippen molar-refractivity contribution in [3.05, 3.63) is 27.7 Å². The average molecular weight is 355 g/mol. The van der Waals surface area contributed by atoms with Crippen molar-refractivity contribution in [3.8, 4) is 0 Å². The predicted octanol–water partition coefficient (Wildman–Crippen LogP) is 3.07. The van der Waals surface area contributed by atoms with Crippen LogP contribution < -0.4 is 4.90 Å². The van der Waals surface area contributed by atoms with Gasteiger partial charge in [-0.15, -0.1) is 0 Å². The van der Waals surface area contributed by atoms with E-state index < -0.39 is 0 Å². The topological polar surface area (TPSA) is 32.8 Å². The third-order valence-electron chi connectivity index (χ3n) is 4.37. The van der Waals surface area contributed by atoms with Crippen molar-refractivity contribution in [1.82, 2.24) is 4.90 Å². The van der Waals surface area contributed by atoms with Gasteiger partial charge in [0.2, 0.25) is 0 Å². The molecule has 0 saturated carbocycles. The minimum Gasteiger partial charge on any atom is -0.465 e. The molecule has 1 aromatic rings. The standard InChI is InChI=1S/C16H23BrN2O2/c1-11-14(16(20)21-4)9-12(17)10-15(11)19(3)13-5-7-18(2)8-6-13/h9-10,13H,5-8H2,1-4H3. The van der Waals surface area contributed by atoms with Gasteiger partial charge in [-0.25, -0.2) is 4.79 Å². The largest absolute Gasteiger partial charge is 0.465 e. The normalized spacial score (nSPS) is 16.8. The zero-order valence-corrected chi connectivity index (χ0v) is 14.7. The molecule has 0 amide bonds. The Hall–Kier alpha value is -1.07. The Morgan fingerprint density at radius 2 is 2.00 bits per heavy atom. The molecule has 1 aromatic carbocycles. The number of piperidine rings is 1. The highest BCUT2D eigenvalue weighted by Gasteiger charge is 2.23. The number of methoxy groups -OCH3 is 1. The summed E-state index contributed by atoms with van der Waals surface area (Å²) >= 11 is 3.50. The molecule has 0 aromatic heterocycles. The lowest BCUT2D eigenvalue weighted by atomic mass is 10.0. The van der Waals surface area contributed by atoms with Crippen molar-refractivity contribution < 1.29 is 9.53 Å². The van der Waals surface area contributed by atoms with E-state index in [0.717, 1.165) is 41.7 Å². The van der Waals surface area contributed by atoms with Gasteiger partial charge < -0.3 is 14.5 Å². The molecular formula is C16H23BrN2O2. The monoisotopic (exact) mass is 354 g/mol. The molecule has 21 heavy (non-hydrogen) atoms. The van der Waals surface area contributed by atoms with E-state index in [4.69, 9.17) is 4.74 Å². The summed E-state index contributed by atoms with van der Waals surface area (Å²) in [5, 5.41) is 0. The van der Waals surface area contributed by atoms with Crippen molar-refractivity contribution >= 4 is 27.6 Å². The van der Waals surface area contributed by atoms with Crippen LogP contribution in [0, 0.1) is 6.92 Å². The molecule has 0 N–H and O–H groups in total. The van der Waals surface area contributed by atoms with Gasteiger partial charge in [-0.3, -0.25) is 0 Å². The van der Waals surface area contributed by atoms with Gasteiger partial charge in [0, 0.05) is 23.2 Å². The van der Waals surface area contributed by atoms with E-state index in [-0.39, 0.29) is 5.97 Å².